The summed E-state index contributed by atoms with van der Waals surface area (Å²) in [6, 6.07) is 4.86. The molecule has 2 amide bonds. The molecular weight excluding hydrogens is 252 g/mol. The Balaban J connectivity index is 2.75. The molecule has 1 atom stereocenters. The molecule has 4 heteroatoms. The predicted octanol–water partition coefficient (Wildman–Crippen LogP) is 1.69. The third-order valence-corrected chi connectivity index (χ3v) is 2.95. The van der Waals surface area contributed by atoms with Gasteiger partial charge in [0.25, 0.3) is 5.91 Å². The molecule has 0 fully saturated rings. The molecule has 106 valence electrons. The van der Waals surface area contributed by atoms with Crippen molar-refractivity contribution in [2.75, 3.05) is 0 Å². The monoisotopic (exact) mass is 272 g/mol. The molecule has 0 unspecified atom stereocenters. The van der Waals surface area contributed by atoms with Crippen LogP contribution in [0.3, 0.4) is 0 Å². The van der Waals surface area contributed by atoms with E-state index in [1.54, 1.807) is 12.1 Å². The first-order chi connectivity index (χ1) is 9.43. The molecule has 0 aliphatic rings. The Bertz CT molecular complexity index is 524. The number of benzene rings is 1. The van der Waals surface area contributed by atoms with Crippen molar-refractivity contribution in [2.24, 2.45) is 5.73 Å². The highest BCUT2D eigenvalue weighted by atomic mass is 16.2. The zero-order valence-electron chi connectivity index (χ0n) is 11.9. The first kappa shape index (κ1) is 15.8. The quantitative estimate of drug-likeness (QED) is 0.611. The second-order valence-electron chi connectivity index (χ2n) is 4.90. The lowest BCUT2D eigenvalue weighted by atomic mass is 10.1. The number of hydrogen-bond donors (Lipinski definition) is 2. The van der Waals surface area contributed by atoms with Crippen molar-refractivity contribution in [1.82, 2.24) is 5.32 Å². The zero-order chi connectivity index (χ0) is 15.1. The lowest BCUT2D eigenvalue weighted by Crippen LogP contribution is -2.44. The van der Waals surface area contributed by atoms with Crippen LogP contribution in [0.2, 0.25) is 0 Å². The van der Waals surface area contributed by atoms with Gasteiger partial charge < -0.3 is 11.1 Å². The summed E-state index contributed by atoms with van der Waals surface area (Å²) >= 11 is 0. The summed E-state index contributed by atoms with van der Waals surface area (Å²) in [6.07, 6.45) is 6.83. The molecule has 0 bridgehead atoms. The Morgan fingerprint density at radius 2 is 1.90 bits per heavy atom. The Morgan fingerprint density at radius 1 is 1.30 bits per heavy atom. The number of carbonyl (C=O) groups excluding carboxylic acids is 2. The molecule has 1 rings (SSSR count). The fraction of sp³-hybridized carbons (Fsp3) is 0.375. The van der Waals surface area contributed by atoms with E-state index in [2.05, 4.69) is 11.2 Å². The van der Waals surface area contributed by atoms with Crippen molar-refractivity contribution in [3.63, 3.8) is 0 Å². The second kappa shape index (κ2) is 7.34. The molecule has 0 heterocycles. The minimum Gasteiger partial charge on any atom is -0.368 e. The Labute approximate surface area is 119 Å². The Morgan fingerprint density at radius 3 is 2.40 bits per heavy atom. The minimum absolute atomic E-state index is 0.290. The van der Waals surface area contributed by atoms with E-state index in [-0.39, 0.29) is 5.91 Å². The van der Waals surface area contributed by atoms with Gasteiger partial charge in [-0.15, -0.1) is 12.3 Å². The number of terminal acetylenes is 1. The van der Waals surface area contributed by atoms with Crippen LogP contribution >= 0.6 is 0 Å². The summed E-state index contributed by atoms with van der Waals surface area (Å²) in [4.78, 5) is 23.5. The molecular formula is C16H20N2O2. The number of aryl methyl sites for hydroxylation is 2. The van der Waals surface area contributed by atoms with Gasteiger partial charge in [0.1, 0.15) is 6.04 Å². The van der Waals surface area contributed by atoms with Gasteiger partial charge in [0.2, 0.25) is 5.91 Å². The molecule has 20 heavy (non-hydrogen) atoms. The van der Waals surface area contributed by atoms with E-state index in [1.165, 1.54) is 0 Å². The maximum Gasteiger partial charge on any atom is 0.251 e. The van der Waals surface area contributed by atoms with Crippen LogP contribution < -0.4 is 11.1 Å². The van der Waals surface area contributed by atoms with Crippen LogP contribution in [-0.4, -0.2) is 17.9 Å². The van der Waals surface area contributed by atoms with Crippen LogP contribution in [0.15, 0.2) is 18.2 Å². The predicted molar refractivity (Wildman–Crippen MR) is 79.0 cm³/mol. The van der Waals surface area contributed by atoms with Crippen LogP contribution in [0, 0.1) is 26.2 Å². The molecule has 0 aliphatic carbocycles. The van der Waals surface area contributed by atoms with E-state index in [0.29, 0.717) is 24.8 Å². The lowest BCUT2D eigenvalue weighted by molar-refractivity contribution is -0.120. The average Bonchev–Trinajstić information content (AvgIpc) is 2.36. The molecule has 0 aromatic heterocycles. The summed E-state index contributed by atoms with van der Waals surface area (Å²) in [6.45, 7) is 3.84. The van der Waals surface area contributed by atoms with Gasteiger partial charge >= 0.3 is 0 Å². The molecule has 1 aromatic carbocycles. The third-order valence-electron chi connectivity index (χ3n) is 2.95. The summed E-state index contributed by atoms with van der Waals surface area (Å²) < 4.78 is 0. The van der Waals surface area contributed by atoms with Crippen LogP contribution in [0.5, 0.6) is 0 Å². The van der Waals surface area contributed by atoms with Crippen molar-refractivity contribution in [2.45, 2.75) is 39.2 Å². The molecule has 0 radical (unpaired) electrons. The van der Waals surface area contributed by atoms with Crippen molar-refractivity contribution in [1.29, 1.82) is 0 Å². The lowest BCUT2D eigenvalue weighted by Gasteiger charge is -2.15. The maximum absolute atomic E-state index is 12.1. The summed E-state index contributed by atoms with van der Waals surface area (Å²) in [5, 5.41) is 2.66. The molecule has 0 saturated heterocycles. The number of nitrogens with one attached hydrogen (secondary N) is 1. The smallest absolute Gasteiger partial charge is 0.251 e. The number of carbonyl (C=O) groups is 2. The molecule has 0 aliphatic heterocycles. The fourth-order valence-electron chi connectivity index (χ4n) is 2.04. The number of amides is 2. The first-order valence-electron chi connectivity index (χ1n) is 6.56. The molecule has 1 aromatic rings. The van der Waals surface area contributed by atoms with Crippen LogP contribution in [-0.2, 0) is 4.79 Å². The van der Waals surface area contributed by atoms with Crippen molar-refractivity contribution >= 4 is 11.8 Å². The molecule has 4 nitrogen and oxygen atoms in total. The third kappa shape index (κ3) is 4.77. The van der Waals surface area contributed by atoms with Crippen LogP contribution in [0.4, 0.5) is 0 Å². The summed E-state index contributed by atoms with van der Waals surface area (Å²) in [5.41, 5.74) is 7.83. The van der Waals surface area contributed by atoms with Gasteiger partial charge in [-0.25, -0.2) is 0 Å². The van der Waals surface area contributed by atoms with E-state index in [9.17, 15) is 9.59 Å². The van der Waals surface area contributed by atoms with E-state index in [1.807, 2.05) is 19.9 Å². The van der Waals surface area contributed by atoms with Crippen molar-refractivity contribution in [3.05, 3.63) is 34.9 Å². The molecule has 0 spiro atoms. The highest BCUT2D eigenvalue weighted by Gasteiger charge is 2.18. The summed E-state index contributed by atoms with van der Waals surface area (Å²) in [7, 11) is 0. The Kier molecular flexibility index (Phi) is 5.79. The van der Waals surface area contributed by atoms with Gasteiger partial charge in [0.15, 0.2) is 0 Å². The number of hydrogen-bond acceptors (Lipinski definition) is 2. The highest BCUT2D eigenvalue weighted by Crippen LogP contribution is 2.10. The van der Waals surface area contributed by atoms with Gasteiger partial charge in [-0.05, 0) is 38.8 Å². The SMILES string of the molecule is C#CCCC[C@H](NC(=O)c1cc(C)cc(C)c1)C(N)=O. The minimum atomic E-state index is -0.684. The molecule has 3 N–H and O–H groups in total. The van der Waals surface area contributed by atoms with Gasteiger partial charge in [0.05, 0.1) is 0 Å². The topological polar surface area (TPSA) is 72.2 Å². The van der Waals surface area contributed by atoms with Gasteiger partial charge in [0, 0.05) is 12.0 Å². The first-order valence-corrected chi connectivity index (χ1v) is 6.56. The normalized spacial score (nSPS) is 11.4. The standard InChI is InChI=1S/C16H20N2O2/c1-4-5-6-7-14(15(17)19)18-16(20)13-9-11(2)8-12(3)10-13/h1,8-10,14H,5-7H2,2-3H3,(H2,17,19)(H,18,20)/t14-/m0/s1. The summed E-state index contributed by atoms with van der Waals surface area (Å²) in [5.74, 6) is 1.66. The number of nitrogens with two attached hydrogens (primary N) is 1. The van der Waals surface area contributed by atoms with E-state index in [0.717, 1.165) is 11.1 Å². The molecule has 0 saturated carbocycles. The Hall–Kier alpha value is -2.28. The highest BCUT2D eigenvalue weighted by molar-refractivity contribution is 5.97. The largest absolute Gasteiger partial charge is 0.368 e. The van der Waals surface area contributed by atoms with E-state index in [4.69, 9.17) is 12.2 Å². The van der Waals surface area contributed by atoms with Crippen LogP contribution in [0.1, 0.15) is 40.7 Å². The maximum atomic E-state index is 12.1. The average molecular weight is 272 g/mol. The number of unbranched alkanes of at least 4 members (excludes halogenated alkanes) is 1. The number of rotatable bonds is 6. The second-order valence-corrected chi connectivity index (χ2v) is 4.90. The van der Waals surface area contributed by atoms with E-state index >= 15 is 0 Å². The number of primary amides is 1. The van der Waals surface area contributed by atoms with Crippen molar-refractivity contribution in [3.8, 4) is 12.3 Å². The van der Waals surface area contributed by atoms with Gasteiger partial charge in [-0.3, -0.25) is 9.59 Å². The zero-order valence-corrected chi connectivity index (χ0v) is 11.9. The van der Waals surface area contributed by atoms with Crippen molar-refractivity contribution < 1.29 is 9.59 Å². The van der Waals surface area contributed by atoms with Gasteiger partial charge in [-0.1, -0.05) is 17.2 Å². The van der Waals surface area contributed by atoms with Crippen LogP contribution in [0.25, 0.3) is 0 Å². The fourth-order valence-corrected chi connectivity index (χ4v) is 2.04. The van der Waals surface area contributed by atoms with E-state index < -0.39 is 11.9 Å². The van der Waals surface area contributed by atoms with Gasteiger partial charge in [-0.2, -0.15) is 0 Å².